The molecule has 8 aromatic rings. The monoisotopic (exact) mass is 654 g/mol. The van der Waals surface area contributed by atoms with Crippen molar-refractivity contribution in [3.63, 3.8) is 0 Å². The molecular weight excluding hydrogens is 621 g/mol. The molecule has 0 atom stereocenters. The van der Waals surface area contributed by atoms with Crippen LogP contribution in [0.25, 0.3) is 56.2 Å². The summed E-state index contributed by atoms with van der Waals surface area (Å²) in [7, 11) is 0. The minimum atomic E-state index is 0.690. The molecule has 242 valence electrons. The van der Waals surface area contributed by atoms with E-state index in [1.54, 1.807) is 0 Å². The van der Waals surface area contributed by atoms with Gasteiger partial charge in [-0.1, -0.05) is 170 Å². The molecule has 0 spiro atoms. The molecule has 51 heavy (non-hydrogen) atoms. The number of fused-ring (bicyclic) bond motifs is 5. The van der Waals surface area contributed by atoms with Crippen LogP contribution in [0.2, 0.25) is 0 Å². The largest absolute Gasteiger partial charge is 0.456 e. The first-order valence-electron chi connectivity index (χ1n) is 17.4. The van der Waals surface area contributed by atoms with Gasteiger partial charge in [-0.2, -0.15) is 0 Å². The summed E-state index contributed by atoms with van der Waals surface area (Å²) in [5.74, 6) is 2.42. The van der Waals surface area contributed by atoms with Crippen molar-refractivity contribution in [1.82, 2.24) is 9.97 Å². The fourth-order valence-electron chi connectivity index (χ4n) is 7.20. The molecule has 0 aliphatic carbocycles. The van der Waals surface area contributed by atoms with Crippen molar-refractivity contribution in [2.45, 2.75) is 12.8 Å². The molecule has 0 amide bonds. The number of hydrogen-bond donors (Lipinski definition) is 0. The highest BCUT2D eigenvalue weighted by molar-refractivity contribution is 5.87. The fraction of sp³-hybridized carbons (Fsp3) is 0.0417. The average molecular weight is 655 g/mol. The minimum Gasteiger partial charge on any atom is -0.456 e. The molecule has 1 aromatic heterocycles. The van der Waals surface area contributed by atoms with E-state index in [1.165, 1.54) is 22.3 Å². The summed E-state index contributed by atoms with van der Waals surface area (Å²) in [5, 5.41) is 0. The lowest BCUT2D eigenvalue weighted by Gasteiger charge is -2.20. The first-order chi connectivity index (χ1) is 25.3. The predicted molar refractivity (Wildman–Crippen MR) is 208 cm³/mol. The lowest BCUT2D eigenvalue weighted by molar-refractivity contribution is 0.474. The van der Waals surface area contributed by atoms with Crippen LogP contribution < -0.4 is 4.74 Å². The summed E-state index contributed by atoms with van der Waals surface area (Å²) >= 11 is 0. The van der Waals surface area contributed by atoms with Crippen molar-refractivity contribution in [3.05, 3.63) is 204 Å². The van der Waals surface area contributed by atoms with Crippen LogP contribution in [0.15, 0.2) is 182 Å². The number of rotatable bonds is 4. The third-order valence-electron chi connectivity index (χ3n) is 9.69. The Morgan fingerprint density at radius 1 is 0.353 bits per heavy atom. The Balaban J connectivity index is 1.26. The van der Waals surface area contributed by atoms with Gasteiger partial charge in [-0.25, -0.2) is 9.97 Å². The number of nitrogens with zero attached hydrogens (tertiary/aromatic N) is 2. The van der Waals surface area contributed by atoms with Gasteiger partial charge < -0.3 is 4.74 Å². The molecule has 1 aliphatic rings. The van der Waals surface area contributed by atoms with Crippen LogP contribution in [0, 0.1) is 0 Å². The Morgan fingerprint density at radius 2 is 0.843 bits per heavy atom. The van der Waals surface area contributed by atoms with E-state index in [9.17, 15) is 0 Å². The molecule has 0 N–H and O–H groups in total. The molecule has 3 heteroatoms. The van der Waals surface area contributed by atoms with Crippen LogP contribution in [0.4, 0.5) is 0 Å². The van der Waals surface area contributed by atoms with E-state index in [0.717, 1.165) is 74.7 Å². The molecule has 0 saturated carbocycles. The normalized spacial score (nSPS) is 11.9. The number of benzene rings is 7. The Kier molecular flexibility index (Phi) is 7.99. The van der Waals surface area contributed by atoms with Crippen molar-refractivity contribution in [2.75, 3.05) is 0 Å². The van der Waals surface area contributed by atoms with Gasteiger partial charge in [0.05, 0.1) is 11.4 Å². The number of para-hydroxylation sites is 2. The van der Waals surface area contributed by atoms with Crippen LogP contribution in [0.5, 0.6) is 11.5 Å². The zero-order valence-corrected chi connectivity index (χ0v) is 28.0. The Labute approximate surface area is 298 Å². The van der Waals surface area contributed by atoms with Crippen LogP contribution in [0.3, 0.4) is 0 Å². The average Bonchev–Trinajstić information content (AvgIpc) is 3.22. The summed E-state index contributed by atoms with van der Waals surface area (Å²) in [4.78, 5) is 10.3. The standard InChI is InChI=1S/C48H34N2O/c1-3-16-33(17-4-1)44-32-45(50-48(49-44)34-18-5-2-6-19-34)42-27-13-12-26-41(42)43-28-15-23-38-31-36-21-8-11-25-40(36)39-24-10-7-20-35(39)30-37-22-9-14-29-46(37)51-47(38)43/h1-29,32H,30-31H2. The van der Waals surface area contributed by atoms with Gasteiger partial charge in [0.2, 0.25) is 0 Å². The zero-order valence-electron chi connectivity index (χ0n) is 28.0. The van der Waals surface area contributed by atoms with E-state index in [1.807, 2.05) is 36.4 Å². The molecule has 3 nitrogen and oxygen atoms in total. The summed E-state index contributed by atoms with van der Waals surface area (Å²) in [6, 6.07) is 63.7. The molecule has 0 fully saturated rings. The Morgan fingerprint density at radius 3 is 1.55 bits per heavy atom. The first kappa shape index (κ1) is 30.5. The maximum absolute atomic E-state index is 7.13. The summed E-state index contributed by atoms with van der Waals surface area (Å²) in [6.07, 6.45) is 1.49. The Bertz CT molecular complexity index is 2450. The summed E-state index contributed by atoms with van der Waals surface area (Å²) < 4.78 is 7.13. The highest BCUT2D eigenvalue weighted by Gasteiger charge is 2.22. The van der Waals surface area contributed by atoms with Gasteiger partial charge in [0.1, 0.15) is 11.5 Å². The van der Waals surface area contributed by atoms with Crippen LogP contribution in [-0.2, 0) is 12.8 Å². The molecule has 7 aromatic carbocycles. The highest BCUT2D eigenvalue weighted by atomic mass is 16.5. The Hall–Kier alpha value is -6.58. The quantitative estimate of drug-likeness (QED) is 0.189. The second-order valence-corrected chi connectivity index (χ2v) is 12.9. The summed E-state index contributed by atoms with van der Waals surface area (Å²) in [5.41, 5.74) is 14.2. The van der Waals surface area contributed by atoms with Crippen molar-refractivity contribution < 1.29 is 4.74 Å². The molecule has 0 radical (unpaired) electrons. The predicted octanol–water partition coefficient (Wildman–Crippen LogP) is 12.1. The van der Waals surface area contributed by atoms with Gasteiger partial charge in [0, 0.05) is 35.1 Å². The molecule has 2 heterocycles. The number of ether oxygens (including phenoxy) is 1. The van der Waals surface area contributed by atoms with Crippen molar-refractivity contribution in [3.8, 4) is 67.7 Å². The molecule has 1 aliphatic heterocycles. The second-order valence-electron chi connectivity index (χ2n) is 12.9. The maximum atomic E-state index is 7.13. The van der Waals surface area contributed by atoms with Gasteiger partial charge >= 0.3 is 0 Å². The maximum Gasteiger partial charge on any atom is 0.160 e. The van der Waals surface area contributed by atoms with Crippen molar-refractivity contribution in [2.24, 2.45) is 0 Å². The van der Waals surface area contributed by atoms with Crippen molar-refractivity contribution >= 4 is 0 Å². The van der Waals surface area contributed by atoms with Gasteiger partial charge in [-0.15, -0.1) is 0 Å². The van der Waals surface area contributed by atoms with Crippen LogP contribution >= 0.6 is 0 Å². The second kappa shape index (κ2) is 13.4. The zero-order chi connectivity index (χ0) is 34.0. The van der Waals surface area contributed by atoms with E-state index in [0.29, 0.717) is 5.82 Å². The van der Waals surface area contributed by atoms with E-state index in [-0.39, 0.29) is 0 Å². The minimum absolute atomic E-state index is 0.690. The van der Waals surface area contributed by atoms with Crippen LogP contribution in [0.1, 0.15) is 22.3 Å². The van der Waals surface area contributed by atoms with E-state index in [4.69, 9.17) is 14.7 Å². The van der Waals surface area contributed by atoms with Gasteiger partial charge in [0.25, 0.3) is 0 Å². The molecule has 0 bridgehead atoms. The molecule has 9 rings (SSSR count). The topological polar surface area (TPSA) is 35.0 Å². The highest BCUT2D eigenvalue weighted by Crippen LogP contribution is 2.44. The third-order valence-corrected chi connectivity index (χ3v) is 9.69. The first-order valence-corrected chi connectivity index (χ1v) is 17.4. The van der Waals surface area contributed by atoms with E-state index >= 15 is 0 Å². The fourth-order valence-corrected chi connectivity index (χ4v) is 7.20. The van der Waals surface area contributed by atoms with Gasteiger partial charge in [0.15, 0.2) is 5.82 Å². The SMILES string of the molecule is c1ccc(-c2cc(-c3ccccc3-c3cccc4c3Oc3ccccc3Cc3ccccc3-c3ccccc3C4)nc(-c3ccccc3)n2)cc1. The third kappa shape index (κ3) is 6.00. The summed E-state index contributed by atoms with van der Waals surface area (Å²) in [6.45, 7) is 0. The van der Waals surface area contributed by atoms with E-state index < -0.39 is 0 Å². The number of hydrogen-bond acceptors (Lipinski definition) is 3. The van der Waals surface area contributed by atoms with Gasteiger partial charge in [-0.05, 0) is 51.1 Å². The van der Waals surface area contributed by atoms with Gasteiger partial charge in [-0.3, -0.25) is 0 Å². The molecule has 0 unspecified atom stereocenters. The smallest absolute Gasteiger partial charge is 0.160 e. The molecule has 0 saturated heterocycles. The number of aromatic nitrogens is 2. The lowest BCUT2D eigenvalue weighted by atomic mass is 9.89. The van der Waals surface area contributed by atoms with E-state index in [2.05, 4.69) is 146 Å². The lowest BCUT2D eigenvalue weighted by Crippen LogP contribution is -2.00. The molecular formula is C48H34N2O. The van der Waals surface area contributed by atoms with Crippen LogP contribution in [-0.4, -0.2) is 9.97 Å². The van der Waals surface area contributed by atoms with Crippen molar-refractivity contribution in [1.29, 1.82) is 0 Å².